The number of fused-ring (bicyclic) bond motifs is 1. The number of halogens is 4. The lowest BCUT2D eigenvalue weighted by Crippen LogP contribution is -2.05. The third-order valence-electron chi connectivity index (χ3n) is 3.73. The number of pyridine rings is 1. The highest BCUT2D eigenvalue weighted by Crippen LogP contribution is 2.36. The summed E-state index contributed by atoms with van der Waals surface area (Å²) in [6.07, 6.45) is -2.80. The fourth-order valence-electron chi connectivity index (χ4n) is 2.52. The first-order valence-corrected chi connectivity index (χ1v) is 7.44. The Kier molecular flexibility index (Phi) is 4.16. The molecule has 1 heterocycles. The van der Waals surface area contributed by atoms with Crippen molar-refractivity contribution in [2.75, 3.05) is 0 Å². The van der Waals surface area contributed by atoms with E-state index in [4.69, 9.17) is 11.6 Å². The molecule has 0 amide bonds. The highest BCUT2D eigenvalue weighted by molar-refractivity contribution is 6.23. The first kappa shape index (κ1) is 16.3. The van der Waals surface area contributed by atoms with Crippen molar-refractivity contribution in [2.24, 2.45) is 0 Å². The molecule has 0 saturated carbocycles. The zero-order chi connectivity index (χ0) is 17.3. The van der Waals surface area contributed by atoms with Gasteiger partial charge in [0.15, 0.2) is 0 Å². The Balaban J connectivity index is 2.06. The van der Waals surface area contributed by atoms with Crippen molar-refractivity contribution in [3.63, 3.8) is 0 Å². The van der Waals surface area contributed by atoms with E-state index in [1.807, 2.05) is 0 Å². The van der Waals surface area contributed by atoms with Gasteiger partial charge in [0.25, 0.3) is 0 Å². The lowest BCUT2D eigenvalue weighted by atomic mass is 9.98. The van der Waals surface area contributed by atoms with Gasteiger partial charge in [-0.15, -0.1) is 11.6 Å². The van der Waals surface area contributed by atoms with Crippen LogP contribution in [0.2, 0.25) is 0 Å². The second-order valence-corrected chi connectivity index (χ2v) is 5.63. The van der Waals surface area contributed by atoms with Crippen LogP contribution in [0.3, 0.4) is 0 Å². The molecule has 2 nitrogen and oxygen atoms in total. The Morgan fingerprint density at radius 1 is 1.04 bits per heavy atom. The fraction of sp³-hybridized carbons (Fsp3) is 0.111. The van der Waals surface area contributed by atoms with Gasteiger partial charge in [-0.05, 0) is 35.9 Å². The Hall–Kier alpha value is -2.58. The zero-order valence-electron chi connectivity index (χ0n) is 12.2. The van der Waals surface area contributed by atoms with E-state index in [1.165, 1.54) is 12.1 Å². The Morgan fingerprint density at radius 2 is 1.75 bits per heavy atom. The van der Waals surface area contributed by atoms with Crippen LogP contribution in [0.5, 0.6) is 0 Å². The van der Waals surface area contributed by atoms with Crippen LogP contribution in [0.1, 0.15) is 27.6 Å². The van der Waals surface area contributed by atoms with Gasteiger partial charge in [0.05, 0.1) is 28.1 Å². The molecule has 0 bridgehead atoms. The number of hydrogen-bond donors (Lipinski definition) is 0. The lowest BCUT2D eigenvalue weighted by Gasteiger charge is -2.14. The topological polar surface area (TPSA) is 36.7 Å². The summed E-state index contributed by atoms with van der Waals surface area (Å²) in [5.41, 5.74) is 1.49. The lowest BCUT2D eigenvalue weighted by molar-refractivity contribution is -0.137. The van der Waals surface area contributed by atoms with Gasteiger partial charge in [0.1, 0.15) is 0 Å². The molecule has 2 aromatic carbocycles. The number of nitriles is 1. The van der Waals surface area contributed by atoms with Crippen molar-refractivity contribution in [3.8, 4) is 6.07 Å². The number of hydrogen-bond acceptors (Lipinski definition) is 2. The van der Waals surface area contributed by atoms with Crippen LogP contribution in [0.4, 0.5) is 13.2 Å². The number of benzene rings is 2. The number of alkyl halides is 4. The molecular weight excluding hydrogens is 337 g/mol. The third kappa shape index (κ3) is 2.93. The predicted molar refractivity (Wildman–Crippen MR) is 85.6 cm³/mol. The minimum atomic E-state index is -4.39. The number of aromatic nitrogens is 1. The monoisotopic (exact) mass is 346 g/mol. The van der Waals surface area contributed by atoms with Gasteiger partial charge >= 0.3 is 6.18 Å². The van der Waals surface area contributed by atoms with Gasteiger partial charge in [0.2, 0.25) is 0 Å². The average Bonchev–Trinajstić information content (AvgIpc) is 2.59. The smallest absolute Gasteiger partial charge is 0.256 e. The van der Waals surface area contributed by atoms with E-state index in [1.54, 1.807) is 30.5 Å². The van der Waals surface area contributed by atoms with E-state index < -0.39 is 17.1 Å². The summed E-state index contributed by atoms with van der Waals surface area (Å²) in [6, 6.07) is 13.6. The highest BCUT2D eigenvalue weighted by Gasteiger charge is 2.30. The van der Waals surface area contributed by atoms with Crippen molar-refractivity contribution < 1.29 is 13.2 Å². The molecule has 0 radical (unpaired) electrons. The molecule has 1 atom stereocenters. The van der Waals surface area contributed by atoms with E-state index >= 15 is 0 Å². The van der Waals surface area contributed by atoms with Crippen LogP contribution in [0.25, 0.3) is 10.9 Å². The van der Waals surface area contributed by atoms with Gasteiger partial charge in [-0.2, -0.15) is 18.4 Å². The first-order chi connectivity index (χ1) is 11.4. The standard InChI is InChI=1S/C18H10ClF3N2/c19-16(11-3-6-13(7-4-11)18(20,21)22)15-8-5-12(10-23)14-2-1-9-24-17(14)15/h1-9,16H. The first-order valence-electron chi connectivity index (χ1n) is 7.01. The van der Waals surface area contributed by atoms with E-state index in [9.17, 15) is 18.4 Å². The van der Waals surface area contributed by atoms with Gasteiger partial charge in [0, 0.05) is 17.1 Å². The third-order valence-corrected chi connectivity index (χ3v) is 4.21. The van der Waals surface area contributed by atoms with Crippen molar-refractivity contribution in [1.29, 1.82) is 5.26 Å². The molecule has 6 heteroatoms. The maximum absolute atomic E-state index is 12.7. The molecule has 24 heavy (non-hydrogen) atoms. The molecule has 0 aliphatic rings. The average molecular weight is 347 g/mol. The van der Waals surface area contributed by atoms with Crippen LogP contribution < -0.4 is 0 Å². The molecule has 120 valence electrons. The number of nitrogens with zero attached hydrogens (tertiary/aromatic N) is 2. The summed E-state index contributed by atoms with van der Waals surface area (Å²) in [4.78, 5) is 4.28. The normalized spacial score (nSPS) is 12.8. The molecule has 0 N–H and O–H groups in total. The quantitative estimate of drug-likeness (QED) is 0.578. The van der Waals surface area contributed by atoms with Gasteiger partial charge in [-0.25, -0.2) is 0 Å². The van der Waals surface area contributed by atoms with Crippen molar-refractivity contribution in [2.45, 2.75) is 11.6 Å². The van der Waals surface area contributed by atoms with Crippen LogP contribution in [0.15, 0.2) is 54.7 Å². The Bertz CT molecular complexity index is 928. The van der Waals surface area contributed by atoms with Gasteiger partial charge in [-0.3, -0.25) is 4.98 Å². The summed E-state index contributed by atoms with van der Waals surface area (Å²) in [7, 11) is 0. The Labute approximate surface area is 141 Å². The van der Waals surface area contributed by atoms with Crippen molar-refractivity contribution in [3.05, 3.63) is 77.0 Å². The van der Waals surface area contributed by atoms with E-state index in [0.717, 1.165) is 12.1 Å². The van der Waals surface area contributed by atoms with Crippen LogP contribution in [-0.4, -0.2) is 4.98 Å². The fourth-order valence-corrected chi connectivity index (χ4v) is 2.84. The molecule has 3 rings (SSSR count). The molecule has 0 aliphatic carbocycles. The molecule has 0 aliphatic heterocycles. The summed E-state index contributed by atoms with van der Waals surface area (Å²) in [5, 5.41) is 9.16. The minimum Gasteiger partial charge on any atom is -0.256 e. The van der Waals surface area contributed by atoms with Crippen LogP contribution in [0, 0.1) is 11.3 Å². The SMILES string of the molecule is N#Cc1ccc(C(Cl)c2ccc(C(F)(F)F)cc2)c2ncccc12. The minimum absolute atomic E-state index is 0.470. The van der Waals surface area contributed by atoms with E-state index in [0.29, 0.717) is 27.6 Å². The Morgan fingerprint density at radius 3 is 2.38 bits per heavy atom. The summed E-state index contributed by atoms with van der Waals surface area (Å²) < 4.78 is 38.0. The second kappa shape index (κ2) is 6.14. The largest absolute Gasteiger partial charge is 0.416 e. The van der Waals surface area contributed by atoms with E-state index in [-0.39, 0.29) is 0 Å². The van der Waals surface area contributed by atoms with Gasteiger partial charge in [-0.1, -0.05) is 18.2 Å². The van der Waals surface area contributed by atoms with E-state index in [2.05, 4.69) is 11.1 Å². The maximum Gasteiger partial charge on any atom is 0.416 e. The highest BCUT2D eigenvalue weighted by atomic mass is 35.5. The summed E-state index contributed by atoms with van der Waals surface area (Å²) in [6.45, 7) is 0. The molecule has 0 fully saturated rings. The zero-order valence-corrected chi connectivity index (χ0v) is 12.9. The predicted octanol–water partition coefficient (Wildman–Crippen LogP) is 5.45. The van der Waals surface area contributed by atoms with Crippen molar-refractivity contribution >= 4 is 22.5 Å². The molecule has 1 aromatic heterocycles. The number of rotatable bonds is 2. The molecular formula is C18H10ClF3N2. The van der Waals surface area contributed by atoms with Crippen LogP contribution in [-0.2, 0) is 6.18 Å². The molecule has 0 spiro atoms. The molecule has 1 unspecified atom stereocenters. The summed E-state index contributed by atoms with van der Waals surface area (Å²) in [5.74, 6) is 0. The molecule has 3 aromatic rings. The van der Waals surface area contributed by atoms with Gasteiger partial charge < -0.3 is 0 Å². The summed E-state index contributed by atoms with van der Waals surface area (Å²) >= 11 is 6.47. The van der Waals surface area contributed by atoms with Crippen LogP contribution >= 0.6 is 11.6 Å². The maximum atomic E-state index is 12.7. The molecule has 0 saturated heterocycles. The van der Waals surface area contributed by atoms with Crippen molar-refractivity contribution in [1.82, 2.24) is 4.98 Å². The second-order valence-electron chi connectivity index (χ2n) is 5.20.